The van der Waals surface area contributed by atoms with Gasteiger partial charge in [0.1, 0.15) is 6.61 Å². The molecule has 1 aliphatic heterocycles. The van der Waals surface area contributed by atoms with E-state index in [1.165, 1.54) is 0 Å². The third-order valence-corrected chi connectivity index (χ3v) is 2.03. The van der Waals surface area contributed by atoms with Crippen molar-refractivity contribution < 1.29 is 13.5 Å². The Morgan fingerprint density at radius 2 is 2.33 bits per heavy atom. The summed E-state index contributed by atoms with van der Waals surface area (Å²) in [6.45, 7) is 2.49. The molecule has 4 heteroatoms. The summed E-state index contributed by atoms with van der Waals surface area (Å²) in [6, 6.07) is 0.390. The van der Waals surface area contributed by atoms with E-state index in [1.807, 2.05) is 6.92 Å². The van der Waals surface area contributed by atoms with Crippen LogP contribution in [0.3, 0.4) is 0 Å². The van der Waals surface area contributed by atoms with Gasteiger partial charge in [-0.2, -0.15) is 0 Å². The molecule has 1 rings (SSSR count). The average molecular weight is 179 g/mol. The SMILES string of the molecule is CC1CC(OCC(F)F)CCN1. The molecule has 2 nitrogen and oxygen atoms in total. The van der Waals surface area contributed by atoms with Crippen molar-refractivity contribution in [1.82, 2.24) is 5.32 Å². The molecule has 0 aromatic carbocycles. The Labute approximate surface area is 71.3 Å². The molecule has 0 aliphatic carbocycles. The molecular weight excluding hydrogens is 164 g/mol. The van der Waals surface area contributed by atoms with Crippen molar-refractivity contribution in [2.75, 3.05) is 13.2 Å². The van der Waals surface area contributed by atoms with Crippen LogP contribution in [0.25, 0.3) is 0 Å². The molecule has 0 amide bonds. The molecule has 0 aromatic rings. The second-order valence-corrected chi connectivity index (χ2v) is 3.23. The van der Waals surface area contributed by atoms with Crippen molar-refractivity contribution in [1.29, 1.82) is 0 Å². The van der Waals surface area contributed by atoms with Crippen LogP contribution in [-0.2, 0) is 4.74 Å². The van der Waals surface area contributed by atoms with E-state index in [0.717, 1.165) is 19.4 Å². The third kappa shape index (κ3) is 3.45. The zero-order valence-corrected chi connectivity index (χ0v) is 7.22. The molecule has 1 fully saturated rings. The molecule has 1 heterocycles. The van der Waals surface area contributed by atoms with Crippen LogP contribution in [0.2, 0.25) is 0 Å². The Morgan fingerprint density at radius 1 is 1.58 bits per heavy atom. The predicted molar refractivity (Wildman–Crippen MR) is 42.4 cm³/mol. The summed E-state index contributed by atoms with van der Waals surface area (Å²) >= 11 is 0. The first-order valence-electron chi connectivity index (χ1n) is 4.31. The summed E-state index contributed by atoms with van der Waals surface area (Å²) in [5.74, 6) is 0. The van der Waals surface area contributed by atoms with Gasteiger partial charge in [0.25, 0.3) is 6.43 Å². The Kier molecular flexibility index (Phi) is 3.88. The predicted octanol–water partition coefficient (Wildman–Crippen LogP) is 1.41. The molecule has 0 aromatic heterocycles. The molecule has 1 saturated heterocycles. The van der Waals surface area contributed by atoms with Crippen LogP contribution < -0.4 is 5.32 Å². The Bertz CT molecular complexity index is 132. The Balaban J connectivity index is 2.14. The number of nitrogens with one attached hydrogen (secondary N) is 1. The molecule has 0 saturated carbocycles. The van der Waals surface area contributed by atoms with E-state index >= 15 is 0 Å². The number of alkyl halides is 2. The molecule has 72 valence electrons. The van der Waals surface area contributed by atoms with E-state index in [9.17, 15) is 8.78 Å². The second kappa shape index (κ2) is 4.72. The van der Waals surface area contributed by atoms with E-state index in [2.05, 4.69) is 5.32 Å². The molecular formula is C8H15F2NO. The van der Waals surface area contributed by atoms with Crippen molar-refractivity contribution in [3.63, 3.8) is 0 Å². The van der Waals surface area contributed by atoms with Gasteiger partial charge >= 0.3 is 0 Å². The normalized spacial score (nSPS) is 31.0. The Hall–Kier alpha value is -0.220. The highest BCUT2D eigenvalue weighted by atomic mass is 19.3. The maximum Gasteiger partial charge on any atom is 0.261 e. The maximum atomic E-state index is 11.7. The lowest BCUT2D eigenvalue weighted by Gasteiger charge is -2.27. The number of ether oxygens (including phenoxy) is 1. The summed E-state index contributed by atoms with van der Waals surface area (Å²) in [4.78, 5) is 0. The first kappa shape index (κ1) is 9.86. The Morgan fingerprint density at radius 3 is 2.92 bits per heavy atom. The number of halogens is 2. The van der Waals surface area contributed by atoms with Gasteiger partial charge in [0.15, 0.2) is 0 Å². The molecule has 0 bridgehead atoms. The molecule has 0 spiro atoms. The van der Waals surface area contributed by atoms with E-state index < -0.39 is 13.0 Å². The lowest BCUT2D eigenvalue weighted by Crippen LogP contribution is -2.39. The van der Waals surface area contributed by atoms with Gasteiger partial charge in [-0.25, -0.2) is 8.78 Å². The molecule has 2 atom stereocenters. The van der Waals surface area contributed by atoms with Gasteiger partial charge in [0.2, 0.25) is 0 Å². The minimum atomic E-state index is -2.34. The van der Waals surface area contributed by atoms with Crippen LogP contribution in [-0.4, -0.2) is 31.7 Å². The molecule has 1 aliphatic rings. The fourth-order valence-electron chi connectivity index (χ4n) is 1.45. The van der Waals surface area contributed by atoms with E-state index in [1.54, 1.807) is 0 Å². The highest BCUT2D eigenvalue weighted by molar-refractivity contribution is 4.75. The number of hydrogen-bond donors (Lipinski definition) is 1. The number of hydrogen-bond acceptors (Lipinski definition) is 2. The van der Waals surface area contributed by atoms with Crippen LogP contribution in [0.4, 0.5) is 8.78 Å². The first-order chi connectivity index (χ1) is 5.68. The highest BCUT2D eigenvalue weighted by Crippen LogP contribution is 2.12. The fourth-order valence-corrected chi connectivity index (χ4v) is 1.45. The van der Waals surface area contributed by atoms with Gasteiger partial charge in [0.05, 0.1) is 6.10 Å². The molecule has 1 N–H and O–H groups in total. The van der Waals surface area contributed by atoms with Gasteiger partial charge in [-0.1, -0.05) is 0 Å². The summed E-state index contributed by atoms with van der Waals surface area (Å²) in [5, 5.41) is 3.23. The van der Waals surface area contributed by atoms with E-state index in [-0.39, 0.29) is 6.10 Å². The molecule has 0 radical (unpaired) electrons. The minimum Gasteiger partial charge on any atom is -0.372 e. The monoisotopic (exact) mass is 179 g/mol. The zero-order valence-electron chi connectivity index (χ0n) is 7.22. The number of piperidine rings is 1. The summed E-state index contributed by atoms with van der Waals surface area (Å²) in [5.41, 5.74) is 0. The van der Waals surface area contributed by atoms with Crippen molar-refractivity contribution in [3.05, 3.63) is 0 Å². The van der Waals surface area contributed by atoms with Gasteiger partial charge in [-0.05, 0) is 26.3 Å². The summed E-state index contributed by atoms with van der Waals surface area (Å²) in [7, 11) is 0. The van der Waals surface area contributed by atoms with Gasteiger partial charge in [-0.15, -0.1) is 0 Å². The van der Waals surface area contributed by atoms with Gasteiger partial charge < -0.3 is 10.1 Å². The quantitative estimate of drug-likeness (QED) is 0.707. The molecule has 2 unspecified atom stereocenters. The van der Waals surface area contributed by atoms with Crippen LogP contribution >= 0.6 is 0 Å². The van der Waals surface area contributed by atoms with Crippen molar-refractivity contribution in [3.8, 4) is 0 Å². The summed E-state index contributed by atoms with van der Waals surface area (Å²) in [6.07, 6.45) is -0.630. The van der Waals surface area contributed by atoms with Crippen LogP contribution in [0.15, 0.2) is 0 Å². The van der Waals surface area contributed by atoms with Crippen LogP contribution in [0.5, 0.6) is 0 Å². The maximum absolute atomic E-state index is 11.7. The largest absolute Gasteiger partial charge is 0.372 e. The standard InChI is InChI=1S/C8H15F2NO/c1-6-4-7(2-3-11-6)12-5-8(9)10/h6-8,11H,2-5H2,1H3. The van der Waals surface area contributed by atoms with Crippen molar-refractivity contribution in [2.24, 2.45) is 0 Å². The third-order valence-electron chi connectivity index (χ3n) is 2.03. The fraction of sp³-hybridized carbons (Fsp3) is 1.00. The lowest BCUT2D eigenvalue weighted by atomic mass is 10.0. The van der Waals surface area contributed by atoms with E-state index in [4.69, 9.17) is 4.74 Å². The van der Waals surface area contributed by atoms with Gasteiger partial charge in [0, 0.05) is 6.04 Å². The van der Waals surface area contributed by atoms with Crippen LogP contribution in [0.1, 0.15) is 19.8 Å². The zero-order chi connectivity index (χ0) is 8.97. The van der Waals surface area contributed by atoms with Gasteiger partial charge in [-0.3, -0.25) is 0 Å². The highest BCUT2D eigenvalue weighted by Gasteiger charge is 2.19. The van der Waals surface area contributed by atoms with Crippen LogP contribution in [0, 0.1) is 0 Å². The first-order valence-corrected chi connectivity index (χ1v) is 4.31. The van der Waals surface area contributed by atoms with E-state index in [0.29, 0.717) is 6.04 Å². The number of rotatable bonds is 3. The minimum absolute atomic E-state index is 0.0234. The molecule has 12 heavy (non-hydrogen) atoms. The lowest BCUT2D eigenvalue weighted by molar-refractivity contribution is -0.0386. The summed E-state index contributed by atoms with van der Waals surface area (Å²) < 4.78 is 28.5. The van der Waals surface area contributed by atoms with Crippen molar-refractivity contribution in [2.45, 2.75) is 38.3 Å². The topological polar surface area (TPSA) is 21.3 Å². The van der Waals surface area contributed by atoms with Crippen molar-refractivity contribution >= 4 is 0 Å². The smallest absolute Gasteiger partial charge is 0.261 e. The average Bonchev–Trinajstić information content (AvgIpc) is 2.01. The second-order valence-electron chi connectivity index (χ2n) is 3.23.